The minimum Gasteiger partial charge on any atom is -0.312 e. The predicted molar refractivity (Wildman–Crippen MR) is 82.3 cm³/mol. The van der Waals surface area contributed by atoms with Gasteiger partial charge >= 0.3 is 0 Å². The highest BCUT2D eigenvalue weighted by atomic mass is 15.2. The van der Waals surface area contributed by atoms with Crippen LogP contribution in [0.4, 0.5) is 0 Å². The average Bonchev–Trinajstić information content (AvgIpc) is 2.65. The Morgan fingerprint density at radius 1 is 1.16 bits per heavy atom. The molecule has 2 rings (SSSR count). The first kappa shape index (κ1) is 14.5. The maximum atomic E-state index is 3.51. The quantitative estimate of drug-likeness (QED) is 0.890. The third kappa shape index (κ3) is 3.58. The molecule has 1 aliphatic heterocycles. The van der Waals surface area contributed by atoms with E-state index in [1.807, 2.05) is 0 Å². The number of rotatable bonds is 4. The van der Waals surface area contributed by atoms with Gasteiger partial charge in [-0.25, -0.2) is 0 Å². The number of likely N-dealkylation sites (N-methyl/N-ethyl adjacent to an activating group) is 1. The van der Waals surface area contributed by atoms with Crippen LogP contribution in [0.1, 0.15) is 51.1 Å². The first-order chi connectivity index (χ1) is 9.24. The Hall–Kier alpha value is -0.860. The van der Waals surface area contributed by atoms with Crippen molar-refractivity contribution in [1.82, 2.24) is 10.2 Å². The highest BCUT2D eigenvalue weighted by Gasteiger charge is 2.27. The van der Waals surface area contributed by atoms with E-state index in [2.05, 4.69) is 61.4 Å². The average molecular weight is 260 g/mol. The van der Waals surface area contributed by atoms with E-state index in [4.69, 9.17) is 0 Å². The van der Waals surface area contributed by atoms with Gasteiger partial charge in [0.1, 0.15) is 0 Å². The van der Waals surface area contributed by atoms with Crippen LogP contribution in [-0.2, 0) is 0 Å². The van der Waals surface area contributed by atoms with Gasteiger partial charge in [-0.15, -0.1) is 0 Å². The van der Waals surface area contributed by atoms with Gasteiger partial charge in [0, 0.05) is 18.1 Å². The second kappa shape index (κ2) is 7.06. The van der Waals surface area contributed by atoms with E-state index in [0.29, 0.717) is 18.1 Å². The van der Waals surface area contributed by atoms with Crippen molar-refractivity contribution < 1.29 is 0 Å². The summed E-state index contributed by atoms with van der Waals surface area (Å²) in [6, 6.07) is 12.5. The van der Waals surface area contributed by atoms with Gasteiger partial charge in [0.05, 0.1) is 0 Å². The lowest BCUT2D eigenvalue weighted by atomic mass is 9.98. The van der Waals surface area contributed by atoms with Gasteiger partial charge in [-0.05, 0) is 45.8 Å². The molecule has 3 unspecified atom stereocenters. The molecule has 0 radical (unpaired) electrons. The zero-order valence-electron chi connectivity index (χ0n) is 12.6. The normalized spacial score (nSPS) is 24.7. The minimum atomic E-state index is 0.418. The van der Waals surface area contributed by atoms with Gasteiger partial charge in [-0.1, -0.05) is 43.2 Å². The SMILES string of the molecule is CNC(c1ccccc1)C(C)N1CCCCCC1C. The number of benzene rings is 1. The van der Waals surface area contributed by atoms with Crippen LogP contribution in [0.25, 0.3) is 0 Å². The summed E-state index contributed by atoms with van der Waals surface area (Å²) >= 11 is 0. The van der Waals surface area contributed by atoms with E-state index in [1.165, 1.54) is 37.8 Å². The Bertz CT molecular complexity index is 363. The summed E-state index contributed by atoms with van der Waals surface area (Å²) in [5.41, 5.74) is 1.40. The molecule has 0 spiro atoms. The fourth-order valence-corrected chi connectivity index (χ4v) is 3.44. The van der Waals surface area contributed by atoms with Crippen molar-refractivity contribution in [3.8, 4) is 0 Å². The van der Waals surface area contributed by atoms with Crippen molar-refractivity contribution in [3.63, 3.8) is 0 Å². The molecule has 0 bridgehead atoms. The molecular weight excluding hydrogens is 232 g/mol. The first-order valence-corrected chi connectivity index (χ1v) is 7.72. The van der Waals surface area contributed by atoms with Gasteiger partial charge in [-0.3, -0.25) is 4.90 Å². The second-order valence-electron chi connectivity index (χ2n) is 5.85. The van der Waals surface area contributed by atoms with Crippen LogP contribution >= 0.6 is 0 Å². The van der Waals surface area contributed by atoms with Crippen LogP contribution < -0.4 is 5.32 Å². The first-order valence-electron chi connectivity index (χ1n) is 7.72. The number of hydrogen-bond donors (Lipinski definition) is 1. The van der Waals surface area contributed by atoms with Gasteiger partial charge in [0.15, 0.2) is 0 Å². The zero-order chi connectivity index (χ0) is 13.7. The lowest BCUT2D eigenvalue weighted by Gasteiger charge is -2.38. The van der Waals surface area contributed by atoms with E-state index in [9.17, 15) is 0 Å². The van der Waals surface area contributed by atoms with E-state index < -0.39 is 0 Å². The predicted octanol–water partition coefficient (Wildman–Crippen LogP) is 3.60. The molecule has 1 fully saturated rings. The molecule has 0 aliphatic carbocycles. The monoisotopic (exact) mass is 260 g/mol. The largest absolute Gasteiger partial charge is 0.312 e. The molecule has 3 atom stereocenters. The summed E-state index contributed by atoms with van der Waals surface area (Å²) in [4.78, 5) is 2.70. The lowest BCUT2D eigenvalue weighted by Crippen LogP contribution is -2.46. The Morgan fingerprint density at radius 2 is 1.89 bits per heavy atom. The fourth-order valence-electron chi connectivity index (χ4n) is 3.44. The van der Waals surface area contributed by atoms with E-state index in [1.54, 1.807) is 0 Å². The molecule has 0 amide bonds. The van der Waals surface area contributed by atoms with Crippen LogP contribution in [0.3, 0.4) is 0 Å². The van der Waals surface area contributed by atoms with Crippen molar-refractivity contribution in [3.05, 3.63) is 35.9 Å². The summed E-state index contributed by atoms with van der Waals surface area (Å²) < 4.78 is 0. The molecule has 1 heterocycles. The van der Waals surface area contributed by atoms with Crippen LogP contribution in [-0.4, -0.2) is 30.6 Å². The Labute approximate surface area is 118 Å². The standard InChI is InChI=1S/C17H28N2/c1-14-10-6-5-9-13-19(14)15(2)17(18-3)16-11-7-4-8-12-16/h4,7-8,11-12,14-15,17-18H,5-6,9-10,13H2,1-3H3. The summed E-state index contributed by atoms with van der Waals surface area (Å²) in [6.07, 6.45) is 5.47. The van der Waals surface area contributed by atoms with Crippen LogP contribution in [0, 0.1) is 0 Å². The smallest absolute Gasteiger partial charge is 0.0473 e. The van der Waals surface area contributed by atoms with Crippen molar-refractivity contribution in [2.45, 2.75) is 57.7 Å². The van der Waals surface area contributed by atoms with Crippen molar-refractivity contribution in [1.29, 1.82) is 0 Å². The molecule has 0 saturated carbocycles. The maximum Gasteiger partial charge on any atom is 0.0473 e. The Morgan fingerprint density at radius 3 is 2.58 bits per heavy atom. The summed E-state index contributed by atoms with van der Waals surface area (Å²) in [6.45, 7) is 6.00. The number of hydrogen-bond acceptors (Lipinski definition) is 2. The molecule has 19 heavy (non-hydrogen) atoms. The molecule has 0 aromatic heterocycles. The Kier molecular flexibility index (Phi) is 5.41. The van der Waals surface area contributed by atoms with E-state index in [-0.39, 0.29) is 0 Å². The van der Waals surface area contributed by atoms with Crippen LogP contribution in [0.2, 0.25) is 0 Å². The molecular formula is C17H28N2. The molecule has 1 aliphatic rings. The van der Waals surface area contributed by atoms with Crippen LogP contribution in [0.5, 0.6) is 0 Å². The molecule has 2 heteroatoms. The molecule has 1 aromatic rings. The summed E-state index contributed by atoms with van der Waals surface area (Å²) in [5, 5.41) is 3.51. The minimum absolute atomic E-state index is 0.418. The highest BCUT2D eigenvalue weighted by Crippen LogP contribution is 2.26. The number of nitrogens with zero attached hydrogens (tertiary/aromatic N) is 1. The van der Waals surface area contributed by atoms with Gasteiger partial charge < -0.3 is 5.32 Å². The molecule has 1 aromatic carbocycles. The second-order valence-corrected chi connectivity index (χ2v) is 5.85. The topological polar surface area (TPSA) is 15.3 Å². The fraction of sp³-hybridized carbons (Fsp3) is 0.647. The summed E-state index contributed by atoms with van der Waals surface area (Å²) in [5.74, 6) is 0. The van der Waals surface area contributed by atoms with Crippen molar-refractivity contribution >= 4 is 0 Å². The zero-order valence-corrected chi connectivity index (χ0v) is 12.6. The van der Waals surface area contributed by atoms with Gasteiger partial charge in [0.25, 0.3) is 0 Å². The number of likely N-dealkylation sites (tertiary alicyclic amines) is 1. The molecule has 1 saturated heterocycles. The number of nitrogens with one attached hydrogen (secondary N) is 1. The molecule has 1 N–H and O–H groups in total. The van der Waals surface area contributed by atoms with Crippen molar-refractivity contribution in [2.24, 2.45) is 0 Å². The molecule has 106 valence electrons. The molecule has 2 nitrogen and oxygen atoms in total. The van der Waals surface area contributed by atoms with Crippen LogP contribution in [0.15, 0.2) is 30.3 Å². The highest BCUT2D eigenvalue weighted by molar-refractivity contribution is 5.20. The van der Waals surface area contributed by atoms with Gasteiger partial charge in [0.2, 0.25) is 0 Å². The van der Waals surface area contributed by atoms with E-state index >= 15 is 0 Å². The maximum absolute atomic E-state index is 3.51. The third-order valence-corrected chi connectivity index (χ3v) is 4.58. The lowest BCUT2D eigenvalue weighted by molar-refractivity contribution is 0.129. The Balaban J connectivity index is 2.13. The van der Waals surface area contributed by atoms with E-state index in [0.717, 1.165) is 0 Å². The van der Waals surface area contributed by atoms with Crippen molar-refractivity contribution in [2.75, 3.05) is 13.6 Å². The van der Waals surface area contributed by atoms with Gasteiger partial charge in [-0.2, -0.15) is 0 Å². The summed E-state index contributed by atoms with van der Waals surface area (Å²) in [7, 11) is 2.08. The third-order valence-electron chi connectivity index (χ3n) is 4.58.